The molecule has 0 unspecified atom stereocenters. The summed E-state index contributed by atoms with van der Waals surface area (Å²) in [5.41, 5.74) is 2.83. The molecule has 1 N–H and O–H groups in total. The van der Waals surface area contributed by atoms with Gasteiger partial charge < -0.3 is 5.32 Å². The maximum atomic E-state index is 3.49. The topological polar surface area (TPSA) is 18.5 Å². The van der Waals surface area contributed by atoms with Crippen LogP contribution < -0.4 is 5.32 Å². The van der Waals surface area contributed by atoms with Gasteiger partial charge >= 0.3 is 0 Å². The van der Waals surface area contributed by atoms with Crippen LogP contribution in [-0.4, -0.2) is 48.1 Å². The maximum Gasteiger partial charge on any atom is 0.0234 e. The number of nitrogens with zero attached hydrogens (tertiary/aromatic N) is 2. The summed E-state index contributed by atoms with van der Waals surface area (Å²) in [5, 5.41) is 3.49. The Morgan fingerprint density at radius 1 is 1.00 bits per heavy atom. The molecule has 1 aromatic carbocycles. The second-order valence-corrected chi connectivity index (χ2v) is 6.76. The molecule has 0 aromatic heterocycles. The van der Waals surface area contributed by atoms with Crippen LogP contribution in [0.3, 0.4) is 0 Å². The highest BCUT2D eigenvalue weighted by molar-refractivity contribution is 5.23. The molecule has 21 heavy (non-hydrogen) atoms. The van der Waals surface area contributed by atoms with Gasteiger partial charge in [-0.15, -0.1) is 0 Å². The molecule has 3 nitrogen and oxygen atoms in total. The van der Waals surface area contributed by atoms with Crippen LogP contribution in [0.5, 0.6) is 0 Å². The summed E-state index contributed by atoms with van der Waals surface area (Å²) in [6.07, 6.45) is 0. The largest absolute Gasteiger partial charge is 0.310 e. The van der Waals surface area contributed by atoms with E-state index in [4.69, 9.17) is 0 Å². The van der Waals surface area contributed by atoms with E-state index in [1.165, 1.54) is 37.3 Å². The monoisotopic (exact) mass is 289 g/mol. The lowest BCUT2D eigenvalue weighted by molar-refractivity contribution is 0.104. The first kappa shape index (κ1) is 16.5. The smallest absolute Gasteiger partial charge is 0.0234 e. The zero-order valence-corrected chi connectivity index (χ0v) is 14.1. The SMILES string of the molecule is CC(C)NCc1cccc(CN2CCN(C(C)C)CC2)c1. The fraction of sp³-hybridized carbons (Fsp3) is 0.667. The number of hydrogen-bond acceptors (Lipinski definition) is 3. The van der Waals surface area contributed by atoms with E-state index < -0.39 is 0 Å². The van der Waals surface area contributed by atoms with E-state index in [2.05, 4.69) is 67.1 Å². The lowest BCUT2D eigenvalue weighted by Gasteiger charge is -2.37. The van der Waals surface area contributed by atoms with Crippen molar-refractivity contribution >= 4 is 0 Å². The van der Waals surface area contributed by atoms with Gasteiger partial charge in [-0.2, -0.15) is 0 Å². The normalized spacial score (nSPS) is 17.8. The van der Waals surface area contributed by atoms with E-state index >= 15 is 0 Å². The molecule has 1 fully saturated rings. The standard InChI is InChI=1S/C18H31N3/c1-15(2)19-13-17-6-5-7-18(12-17)14-20-8-10-21(11-9-20)16(3)4/h5-7,12,15-16,19H,8-11,13-14H2,1-4H3. The molecular formula is C18H31N3. The van der Waals surface area contributed by atoms with E-state index in [9.17, 15) is 0 Å². The number of piperazine rings is 1. The number of nitrogens with one attached hydrogen (secondary N) is 1. The quantitative estimate of drug-likeness (QED) is 0.869. The molecule has 0 bridgehead atoms. The minimum Gasteiger partial charge on any atom is -0.310 e. The molecule has 1 heterocycles. The predicted octanol–water partition coefficient (Wildman–Crippen LogP) is 2.71. The highest BCUT2D eigenvalue weighted by Gasteiger charge is 2.18. The molecule has 0 saturated carbocycles. The minimum atomic E-state index is 0.540. The molecular weight excluding hydrogens is 258 g/mol. The Bertz CT molecular complexity index is 420. The lowest BCUT2D eigenvalue weighted by atomic mass is 10.1. The van der Waals surface area contributed by atoms with Crippen LogP contribution in [0.15, 0.2) is 24.3 Å². The first-order valence-corrected chi connectivity index (χ1v) is 8.32. The van der Waals surface area contributed by atoms with E-state index in [0.717, 1.165) is 13.1 Å². The molecule has 0 aliphatic carbocycles. The molecule has 0 spiro atoms. The molecule has 0 atom stereocenters. The van der Waals surface area contributed by atoms with Gasteiger partial charge in [-0.3, -0.25) is 9.80 Å². The Morgan fingerprint density at radius 3 is 2.29 bits per heavy atom. The van der Waals surface area contributed by atoms with Gasteiger partial charge in [0, 0.05) is 51.4 Å². The van der Waals surface area contributed by atoms with Crippen molar-refractivity contribution in [3.63, 3.8) is 0 Å². The van der Waals surface area contributed by atoms with Gasteiger partial charge in [-0.05, 0) is 25.0 Å². The van der Waals surface area contributed by atoms with Crippen LogP contribution in [0.2, 0.25) is 0 Å². The summed E-state index contributed by atoms with van der Waals surface area (Å²) in [4.78, 5) is 5.15. The average Bonchev–Trinajstić information content (AvgIpc) is 2.46. The first-order chi connectivity index (χ1) is 10.0. The Morgan fingerprint density at radius 2 is 1.67 bits per heavy atom. The molecule has 0 radical (unpaired) electrons. The van der Waals surface area contributed by atoms with E-state index in [-0.39, 0.29) is 0 Å². The highest BCUT2D eigenvalue weighted by Crippen LogP contribution is 2.12. The van der Waals surface area contributed by atoms with Crippen LogP contribution in [0.25, 0.3) is 0 Å². The van der Waals surface area contributed by atoms with Crippen molar-refractivity contribution in [1.82, 2.24) is 15.1 Å². The second kappa shape index (κ2) is 7.92. The number of hydrogen-bond donors (Lipinski definition) is 1. The van der Waals surface area contributed by atoms with Gasteiger partial charge in [-0.1, -0.05) is 38.1 Å². The third kappa shape index (κ3) is 5.42. The van der Waals surface area contributed by atoms with Gasteiger partial charge in [0.1, 0.15) is 0 Å². The molecule has 1 aliphatic heterocycles. The third-order valence-corrected chi connectivity index (χ3v) is 4.25. The van der Waals surface area contributed by atoms with Crippen molar-refractivity contribution in [2.75, 3.05) is 26.2 Å². The molecule has 118 valence electrons. The Labute approximate surface area is 130 Å². The Hall–Kier alpha value is -0.900. The molecule has 3 heteroatoms. The van der Waals surface area contributed by atoms with E-state index in [0.29, 0.717) is 12.1 Å². The van der Waals surface area contributed by atoms with Crippen molar-refractivity contribution in [3.8, 4) is 0 Å². The second-order valence-electron chi connectivity index (χ2n) is 6.76. The van der Waals surface area contributed by atoms with Crippen LogP contribution in [0.4, 0.5) is 0 Å². The predicted molar refractivity (Wildman–Crippen MR) is 90.4 cm³/mol. The summed E-state index contributed by atoms with van der Waals surface area (Å²) in [6, 6.07) is 10.2. The third-order valence-electron chi connectivity index (χ3n) is 4.25. The molecule has 0 amide bonds. The summed E-state index contributed by atoms with van der Waals surface area (Å²) in [5.74, 6) is 0. The van der Waals surface area contributed by atoms with Crippen molar-refractivity contribution in [3.05, 3.63) is 35.4 Å². The minimum absolute atomic E-state index is 0.540. The van der Waals surface area contributed by atoms with Gasteiger partial charge in [-0.25, -0.2) is 0 Å². The summed E-state index contributed by atoms with van der Waals surface area (Å²) in [7, 11) is 0. The number of benzene rings is 1. The molecule has 2 rings (SSSR count). The molecule has 1 saturated heterocycles. The van der Waals surface area contributed by atoms with Crippen LogP contribution in [-0.2, 0) is 13.1 Å². The molecule has 1 aliphatic rings. The van der Waals surface area contributed by atoms with Crippen LogP contribution in [0.1, 0.15) is 38.8 Å². The molecule has 1 aromatic rings. The van der Waals surface area contributed by atoms with Gasteiger partial charge in [0.05, 0.1) is 0 Å². The van der Waals surface area contributed by atoms with Crippen molar-refractivity contribution in [2.45, 2.75) is 52.9 Å². The first-order valence-electron chi connectivity index (χ1n) is 8.32. The summed E-state index contributed by atoms with van der Waals surface area (Å²) >= 11 is 0. The zero-order valence-electron chi connectivity index (χ0n) is 14.1. The average molecular weight is 289 g/mol. The highest BCUT2D eigenvalue weighted by atomic mass is 15.3. The van der Waals surface area contributed by atoms with Crippen LogP contribution in [0, 0.1) is 0 Å². The Balaban J connectivity index is 1.84. The fourth-order valence-corrected chi connectivity index (χ4v) is 2.86. The van der Waals surface area contributed by atoms with Crippen molar-refractivity contribution in [1.29, 1.82) is 0 Å². The Kier molecular flexibility index (Phi) is 6.22. The van der Waals surface area contributed by atoms with Gasteiger partial charge in [0.2, 0.25) is 0 Å². The van der Waals surface area contributed by atoms with E-state index in [1.807, 2.05) is 0 Å². The fourth-order valence-electron chi connectivity index (χ4n) is 2.86. The van der Waals surface area contributed by atoms with Crippen molar-refractivity contribution in [2.24, 2.45) is 0 Å². The number of rotatable bonds is 6. The summed E-state index contributed by atoms with van der Waals surface area (Å²) in [6.45, 7) is 15.8. The summed E-state index contributed by atoms with van der Waals surface area (Å²) < 4.78 is 0. The van der Waals surface area contributed by atoms with Crippen molar-refractivity contribution < 1.29 is 0 Å². The van der Waals surface area contributed by atoms with Gasteiger partial charge in [0.25, 0.3) is 0 Å². The lowest BCUT2D eigenvalue weighted by Crippen LogP contribution is -2.48. The van der Waals surface area contributed by atoms with Gasteiger partial charge in [0.15, 0.2) is 0 Å². The maximum absolute atomic E-state index is 3.49. The van der Waals surface area contributed by atoms with E-state index in [1.54, 1.807) is 0 Å². The zero-order chi connectivity index (χ0) is 15.2. The van der Waals surface area contributed by atoms with Crippen LogP contribution >= 0.6 is 0 Å².